The van der Waals surface area contributed by atoms with Gasteiger partial charge in [-0.15, -0.1) is 17.1 Å². The van der Waals surface area contributed by atoms with Crippen molar-refractivity contribution in [3.8, 4) is 11.3 Å². The largest absolute Gasteiger partial charge is 0.345 e. The van der Waals surface area contributed by atoms with Gasteiger partial charge >= 0.3 is 0 Å². The smallest absolute Gasteiger partial charge is 0.137 e. The minimum Gasteiger partial charge on any atom is -0.345 e. The van der Waals surface area contributed by atoms with E-state index < -0.39 is 0 Å². The summed E-state index contributed by atoms with van der Waals surface area (Å²) < 4.78 is 0. The van der Waals surface area contributed by atoms with Crippen molar-refractivity contribution >= 4 is 27.9 Å². The van der Waals surface area contributed by atoms with Crippen LogP contribution in [0.3, 0.4) is 0 Å². The molecule has 0 bridgehead atoms. The van der Waals surface area contributed by atoms with Crippen LogP contribution in [-0.2, 0) is 0 Å². The third kappa shape index (κ3) is 2.74. The molecule has 0 atom stereocenters. The highest BCUT2D eigenvalue weighted by Crippen LogP contribution is 2.35. The fourth-order valence-corrected chi connectivity index (χ4v) is 4.72. The van der Waals surface area contributed by atoms with Crippen LogP contribution in [0.2, 0.25) is 0 Å². The predicted octanol–water partition coefficient (Wildman–Crippen LogP) is 4.60. The van der Waals surface area contributed by atoms with Crippen molar-refractivity contribution in [3.05, 3.63) is 58.4 Å². The highest BCUT2D eigenvalue weighted by molar-refractivity contribution is 7.10. The van der Waals surface area contributed by atoms with Crippen LogP contribution in [0.5, 0.6) is 0 Å². The van der Waals surface area contributed by atoms with Crippen molar-refractivity contribution < 1.29 is 0 Å². The van der Waals surface area contributed by atoms with E-state index in [1.807, 2.05) is 24.5 Å². The van der Waals surface area contributed by atoms with Gasteiger partial charge in [0.05, 0.1) is 10.7 Å². The van der Waals surface area contributed by atoms with E-state index in [1.54, 1.807) is 11.3 Å². The Balaban J connectivity index is 1.50. The standard InChI is InChI=1S/C21H20N4S/c1-25-8-6-15(7-9-25)21-24-19(13-26-21)18-12-23-20-17(18)10-16(11-22-20)14-4-2-3-5-14/h2-4,10-13,15H,6-9H2,1H3,(H,22,23). The van der Waals surface area contributed by atoms with Crippen molar-refractivity contribution in [2.75, 3.05) is 20.1 Å². The Labute approximate surface area is 156 Å². The maximum Gasteiger partial charge on any atom is 0.137 e. The molecule has 0 unspecified atom stereocenters. The first-order chi connectivity index (χ1) is 12.8. The Bertz CT molecular complexity index is 1060. The van der Waals surface area contributed by atoms with Crippen LogP contribution in [0, 0.1) is 0 Å². The maximum absolute atomic E-state index is 4.99. The van der Waals surface area contributed by atoms with Gasteiger partial charge in [0.2, 0.25) is 0 Å². The van der Waals surface area contributed by atoms with Crippen LogP contribution in [0.4, 0.5) is 0 Å². The lowest BCUT2D eigenvalue weighted by Crippen LogP contribution is -2.29. The molecular formula is C21H20N4S. The van der Waals surface area contributed by atoms with E-state index in [1.165, 1.54) is 17.8 Å². The summed E-state index contributed by atoms with van der Waals surface area (Å²) in [6.45, 7) is 2.33. The van der Waals surface area contributed by atoms with Gasteiger partial charge in [-0.25, -0.2) is 9.97 Å². The summed E-state index contributed by atoms with van der Waals surface area (Å²) in [5, 5.41) is 4.59. The molecule has 1 aliphatic carbocycles. The molecule has 0 aromatic carbocycles. The van der Waals surface area contributed by atoms with Crippen LogP contribution < -0.4 is 0 Å². The van der Waals surface area contributed by atoms with E-state index >= 15 is 0 Å². The number of pyridine rings is 1. The van der Waals surface area contributed by atoms with E-state index in [2.05, 4.69) is 45.2 Å². The minimum absolute atomic E-state index is 0.600. The van der Waals surface area contributed by atoms with Crippen molar-refractivity contribution in [1.82, 2.24) is 19.9 Å². The zero-order valence-corrected chi connectivity index (χ0v) is 15.5. The number of hydrogen-bond acceptors (Lipinski definition) is 4. The molecule has 130 valence electrons. The Hall–Kier alpha value is -2.46. The third-order valence-corrected chi connectivity index (χ3v) is 6.31. The lowest BCUT2D eigenvalue weighted by Gasteiger charge is -2.27. The molecule has 26 heavy (non-hydrogen) atoms. The van der Waals surface area contributed by atoms with Crippen molar-refractivity contribution in [1.29, 1.82) is 0 Å². The van der Waals surface area contributed by atoms with E-state index in [0.717, 1.165) is 46.5 Å². The van der Waals surface area contributed by atoms with Gasteiger partial charge < -0.3 is 9.88 Å². The zero-order chi connectivity index (χ0) is 17.5. The first kappa shape index (κ1) is 15.8. The molecule has 1 N–H and O–H groups in total. The Morgan fingerprint density at radius 1 is 1.31 bits per heavy atom. The number of rotatable bonds is 3. The van der Waals surface area contributed by atoms with Crippen molar-refractivity contribution in [2.24, 2.45) is 0 Å². The first-order valence-electron chi connectivity index (χ1n) is 9.03. The first-order valence-corrected chi connectivity index (χ1v) is 9.91. The van der Waals surface area contributed by atoms with E-state index in [9.17, 15) is 0 Å². The lowest BCUT2D eigenvalue weighted by atomic mass is 9.98. The monoisotopic (exact) mass is 360 g/mol. The van der Waals surface area contributed by atoms with E-state index in [4.69, 9.17) is 4.98 Å². The molecule has 1 aliphatic heterocycles. The fourth-order valence-electron chi connectivity index (χ4n) is 3.73. The summed E-state index contributed by atoms with van der Waals surface area (Å²) in [6, 6.07) is 2.19. The van der Waals surface area contributed by atoms with Crippen LogP contribution in [0.1, 0.15) is 29.3 Å². The van der Waals surface area contributed by atoms with Gasteiger partial charge in [0.1, 0.15) is 5.65 Å². The van der Waals surface area contributed by atoms with Gasteiger partial charge in [0.25, 0.3) is 0 Å². The molecule has 2 aliphatic rings. The molecule has 3 aromatic heterocycles. The average molecular weight is 360 g/mol. The molecule has 0 amide bonds. The Kier molecular flexibility index (Phi) is 3.86. The molecular weight excluding hydrogens is 340 g/mol. The Morgan fingerprint density at radius 3 is 3.00 bits per heavy atom. The molecule has 5 rings (SSSR count). The summed E-state index contributed by atoms with van der Waals surface area (Å²) >= 11 is 1.80. The number of H-pyrrole nitrogens is 1. The van der Waals surface area contributed by atoms with Gasteiger partial charge in [0.15, 0.2) is 0 Å². The summed E-state index contributed by atoms with van der Waals surface area (Å²) in [5.41, 5.74) is 8.52. The van der Waals surface area contributed by atoms with E-state index in [-0.39, 0.29) is 0 Å². The van der Waals surface area contributed by atoms with Gasteiger partial charge in [-0.1, -0.05) is 6.08 Å². The normalized spacial score (nSPS) is 18.1. The van der Waals surface area contributed by atoms with Crippen molar-refractivity contribution in [2.45, 2.75) is 18.8 Å². The molecule has 1 saturated heterocycles. The zero-order valence-electron chi connectivity index (χ0n) is 14.7. The number of likely N-dealkylation sites (tertiary alicyclic amines) is 1. The number of piperidine rings is 1. The van der Waals surface area contributed by atoms with Crippen LogP contribution in [-0.4, -0.2) is 40.0 Å². The highest BCUT2D eigenvalue weighted by Gasteiger charge is 2.22. The molecule has 3 aromatic rings. The number of aromatic nitrogens is 3. The highest BCUT2D eigenvalue weighted by atomic mass is 32.1. The topological polar surface area (TPSA) is 44.8 Å². The van der Waals surface area contributed by atoms with Gasteiger partial charge in [0, 0.05) is 45.8 Å². The second kappa shape index (κ2) is 6.36. The SMILES string of the molecule is CN1CCC(c2nc(-c3c[nH]c4ncc(C5=C=CC=C5)cc34)cs2)CC1. The van der Waals surface area contributed by atoms with E-state index in [0.29, 0.717) is 5.92 Å². The second-order valence-corrected chi connectivity index (χ2v) is 7.94. The van der Waals surface area contributed by atoms with Gasteiger partial charge in [-0.05, 0) is 51.2 Å². The summed E-state index contributed by atoms with van der Waals surface area (Å²) in [4.78, 5) is 15.3. The van der Waals surface area contributed by atoms with Crippen LogP contribution in [0.25, 0.3) is 27.9 Å². The maximum atomic E-state index is 4.99. The minimum atomic E-state index is 0.600. The number of nitrogens with one attached hydrogen (secondary N) is 1. The molecule has 0 spiro atoms. The fraction of sp³-hybridized carbons (Fsp3) is 0.286. The van der Waals surface area contributed by atoms with Gasteiger partial charge in [-0.3, -0.25) is 0 Å². The quantitative estimate of drug-likeness (QED) is 0.694. The number of thiazole rings is 1. The molecule has 0 saturated carbocycles. The summed E-state index contributed by atoms with van der Waals surface area (Å²) in [7, 11) is 2.20. The number of fused-ring (bicyclic) bond motifs is 1. The number of allylic oxidation sites excluding steroid dienone is 3. The lowest BCUT2D eigenvalue weighted by molar-refractivity contribution is 0.255. The molecule has 4 heterocycles. The Morgan fingerprint density at radius 2 is 2.19 bits per heavy atom. The molecule has 0 radical (unpaired) electrons. The summed E-state index contributed by atoms with van der Waals surface area (Å²) in [5.74, 6) is 0.600. The van der Waals surface area contributed by atoms with Gasteiger partial charge in [-0.2, -0.15) is 0 Å². The third-order valence-electron chi connectivity index (χ3n) is 5.31. The number of nitrogens with zero attached hydrogens (tertiary/aromatic N) is 3. The second-order valence-electron chi connectivity index (χ2n) is 7.05. The molecule has 4 nitrogen and oxygen atoms in total. The molecule has 5 heteroatoms. The predicted molar refractivity (Wildman–Crippen MR) is 107 cm³/mol. The number of hydrogen-bond donors (Lipinski definition) is 1. The van der Waals surface area contributed by atoms with Crippen LogP contribution in [0.15, 0.2) is 47.8 Å². The van der Waals surface area contributed by atoms with Crippen LogP contribution >= 0.6 is 11.3 Å². The van der Waals surface area contributed by atoms with Crippen molar-refractivity contribution in [3.63, 3.8) is 0 Å². The number of aromatic amines is 1. The molecule has 1 fully saturated rings. The average Bonchev–Trinajstić information content (AvgIpc) is 3.41. The summed E-state index contributed by atoms with van der Waals surface area (Å²) in [6.07, 6.45) is 12.3.